The molecule has 0 radical (unpaired) electrons. The van der Waals surface area contributed by atoms with E-state index >= 15 is 0 Å². The van der Waals surface area contributed by atoms with Crippen molar-refractivity contribution < 1.29 is 19.1 Å². The molecule has 0 saturated carbocycles. The van der Waals surface area contributed by atoms with Crippen LogP contribution in [0.4, 0.5) is 27.7 Å². The van der Waals surface area contributed by atoms with E-state index in [0.717, 1.165) is 5.56 Å². The number of benzene rings is 2. The normalized spacial score (nSPS) is 10.8. The van der Waals surface area contributed by atoms with Gasteiger partial charge in [0.25, 0.3) is 5.91 Å². The van der Waals surface area contributed by atoms with Crippen molar-refractivity contribution in [3.63, 3.8) is 0 Å². The van der Waals surface area contributed by atoms with Crippen molar-refractivity contribution in [2.45, 2.75) is 27.2 Å². The zero-order valence-corrected chi connectivity index (χ0v) is 21.9. The number of pyridine rings is 1. The number of anilines is 4. The van der Waals surface area contributed by atoms with Gasteiger partial charge < -0.3 is 20.7 Å². The Balaban J connectivity index is 1.81. The summed E-state index contributed by atoms with van der Waals surface area (Å²) in [7, 11) is 1.37. The number of hydrogen-bond donors (Lipinski definition) is 4. The van der Waals surface area contributed by atoms with Crippen molar-refractivity contribution in [2.75, 3.05) is 29.6 Å². The van der Waals surface area contributed by atoms with E-state index in [1.165, 1.54) is 13.3 Å². The molecule has 194 valence electrons. The third-order valence-electron chi connectivity index (χ3n) is 5.45. The van der Waals surface area contributed by atoms with Gasteiger partial charge in [0.05, 0.1) is 23.8 Å². The topological polar surface area (TPSA) is 121 Å². The summed E-state index contributed by atoms with van der Waals surface area (Å²) in [6.45, 7) is 5.91. The van der Waals surface area contributed by atoms with Crippen LogP contribution in [0, 0.1) is 5.41 Å². The maximum absolute atomic E-state index is 13.2. The maximum Gasteiger partial charge on any atom is 0.320 e. The first-order valence-corrected chi connectivity index (χ1v) is 12.1. The number of rotatable bonds is 9. The number of carbonyl (C=O) groups is 3. The number of carbonyl (C=O) groups excluding carboxylic acids is 3. The largest absolute Gasteiger partial charge is 0.469 e. The van der Waals surface area contributed by atoms with Crippen LogP contribution in [0.25, 0.3) is 0 Å². The summed E-state index contributed by atoms with van der Waals surface area (Å²) in [5.74, 6) is -0.407. The first-order chi connectivity index (χ1) is 17.6. The number of aromatic nitrogens is 1. The molecular formula is C27H30ClN5O4. The Labute approximate surface area is 221 Å². The molecule has 1 heterocycles. The minimum atomic E-state index is -0.669. The summed E-state index contributed by atoms with van der Waals surface area (Å²) in [4.78, 5) is 41.3. The minimum absolute atomic E-state index is 0.271. The van der Waals surface area contributed by atoms with Gasteiger partial charge in [-0.3, -0.25) is 14.9 Å². The summed E-state index contributed by atoms with van der Waals surface area (Å²) < 4.78 is 4.87. The monoisotopic (exact) mass is 523 g/mol. The summed E-state index contributed by atoms with van der Waals surface area (Å²) in [5, 5.41) is 11.9. The highest BCUT2D eigenvalue weighted by Crippen LogP contribution is 2.27. The van der Waals surface area contributed by atoms with E-state index in [2.05, 4.69) is 26.3 Å². The zero-order valence-electron chi connectivity index (χ0n) is 21.1. The Kier molecular flexibility index (Phi) is 9.08. The molecule has 4 N–H and O–H groups in total. The van der Waals surface area contributed by atoms with Gasteiger partial charge in [-0.1, -0.05) is 23.7 Å². The summed E-state index contributed by atoms with van der Waals surface area (Å²) in [6.07, 6.45) is 1.88. The summed E-state index contributed by atoms with van der Waals surface area (Å²) in [5.41, 5.74) is 2.25. The van der Waals surface area contributed by atoms with Gasteiger partial charge in [-0.05, 0) is 69.2 Å². The van der Waals surface area contributed by atoms with E-state index in [-0.39, 0.29) is 17.4 Å². The van der Waals surface area contributed by atoms with E-state index in [1.54, 1.807) is 49.4 Å². The maximum atomic E-state index is 13.2. The van der Waals surface area contributed by atoms with Crippen LogP contribution in [0.15, 0.2) is 60.8 Å². The fraction of sp³-hybridized carbons (Fsp3) is 0.259. The van der Waals surface area contributed by atoms with Crippen molar-refractivity contribution in [3.05, 3.63) is 76.9 Å². The quantitative estimate of drug-likeness (QED) is 0.270. The fourth-order valence-corrected chi connectivity index (χ4v) is 3.71. The Morgan fingerprint density at radius 1 is 0.973 bits per heavy atom. The molecule has 3 aromatic rings. The number of hydrogen-bond acceptors (Lipinski definition) is 6. The number of amides is 3. The molecule has 0 atom stereocenters. The van der Waals surface area contributed by atoms with E-state index in [0.29, 0.717) is 35.1 Å². The Morgan fingerprint density at radius 3 is 2.24 bits per heavy atom. The molecule has 37 heavy (non-hydrogen) atoms. The van der Waals surface area contributed by atoms with Crippen molar-refractivity contribution in [1.82, 2.24) is 10.3 Å². The number of ether oxygens (including phenoxy) is 1. The molecule has 3 amide bonds. The van der Waals surface area contributed by atoms with Gasteiger partial charge in [0.1, 0.15) is 5.82 Å². The predicted octanol–water partition coefficient (Wildman–Crippen LogP) is 5.61. The number of halogens is 1. The highest BCUT2D eigenvalue weighted by Gasteiger charge is 2.28. The molecule has 9 nitrogen and oxygen atoms in total. The van der Waals surface area contributed by atoms with Crippen LogP contribution in [-0.2, 0) is 16.0 Å². The zero-order chi connectivity index (χ0) is 27.0. The molecule has 0 spiro atoms. The summed E-state index contributed by atoms with van der Waals surface area (Å²) in [6, 6.07) is 15.4. The van der Waals surface area contributed by atoms with Crippen LogP contribution in [0.1, 0.15) is 36.7 Å². The minimum Gasteiger partial charge on any atom is -0.469 e. The van der Waals surface area contributed by atoms with Gasteiger partial charge in [-0.25, -0.2) is 9.78 Å². The fourth-order valence-electron chi connectivity index (χ4n) is 3.58. The van der Waals surface area contributed by atoms with Crippen molar-refractivity contribution in [2.24, 2.45) is 5.41 Å². The predicted molar refractivity (Wildman–Crippen MR) is 146 cm³/mol. The van der Waals surface area contributed by atoms with Gasteiger partial charge in [0, 0.05) is 35.2 Å². The molecule has 0 bridgehead atoms. The molecule has 3 rings (SSSR count). The molecule has 0 fully saturated rings. The average molecular weight is 524 g/mol. The summed E-state index contributed by atoms with van der Waals surface area (Å²) >= 11 is 5.99. The Hall–Kier alpha value is -4.11. The van der Waals surface area contributed by atoms with Crippen LogP contribution >= 0.6 is 11.6 Å². The molecule has 0 aliphatic rings. The molecular weight excluding hydrogens is 494 g/mol. The van der Waals surface area contributed by atoms with Gasteiger partial charge in [0.15, 0.2) is 0 Å². The van der Waals surface area contributed by atoms with Crippen molar-refractivity contribution in [3.8, 4) is 0 Å². The van der Waals surface area contributed by atoms with Crippen molar-refractivity contribution >= 4 is 52.4 Å². The van der Waals surface area contributed by atoms with Crippen LogP contribution < -0.4 is 21.3 Å². The second-order valence-electron chi connectivity index (χ2n) is 8.93. The van der Waals surface area contributed by atoms with Gasteiger partial charge in [-0.2, -0.15) is 0 Å². The van der Waals surface area contributed by atoms with Crippen LogP contribution in [0.2, 0.25) is 5.02 Å². The lowest BCUT2D eigenvalue weighted by molar-refractivity contribution is -0.150. The standard InChI is InChI=1S/C27H30ClN5O4/c1-5-29-26(36)33-23-14-22(31-19-12-8-18(28)9-13-19)21(16-30-23)24(34)32-20-10-6-17(7-11-20)15-27(2,3)25(35)37-4/h6-14,16H,5,15H2,1-4H3,(H,32,34)(H3,29,30,31,33,36). The molecule has 0 aliphatic heterocycles. The van der Waals surface area contributed by atoms with Crippen LogP contribution in [0.3, 0.4) is 0 Å². The van der Waals surface area contributed by atoms with E-state index in [4.69, 9.17) is 16.3 Å². The lowest BCUT2D eigenvalue weighted by Gasteiger charge is -2.21. The van der Waals surface area contributed by atoms with Crippen LogP contribution in [-0.4, -0.2) is 36.5 Å². The van der Waals surface area contributed by atoms with Crippen LogP contribution in [0.5, 0.6) is 0 Å². The Bertz CT molecular complexity index is 1260. The first kappa shape index (κ1) is 27.5. The molecule has 1 aromatic heterocycles. The second kappa shape index (κ2) is 12.2. The van der Waals surface area contributed by atoms with Crippen molar-refractivity contribution in [1.29, 1.82) is 0 Å². The number of nitrogens with one attached hydrogen (secondary N) is 4. The third kappa shape index (κ3) is 7.68. The average Bonchev–Trinajstić information content (AvgIpc) is 2.86. The van der Waals surface area contributed by atoms with Gasteiger partial charge in [0.2, 0.25) is 0 Å². The number of esters is 1. The second-order valence-corrected chi connectivity index (χ2v) is 9.37. The molecule has 0 unspecified atom stereocenters. The highest BCUT2D eigenvalue weighted by molar-refractivity contribution is 6.30. The molecule has 0 saturated heterocycles. The third-order valence-corrected chi connectivity index (χ3v) is 5.70. The van der Waals surface area contributed by atoms with E-state index in [9.17, 15) is 14.4 Å². The van der Waals surface area contributed by atoms with Gasteiger partial charge in [-0.15, -0.1) is 0 Å². The smallest absolute Gasteiger partial charge is 0.320 e. The lowest BCUT2D eigenvalue weighted by atomic mass is 9.86. The Morgan fingerprint density at radius 2 is 1.62 bits per heavy atom. The first-order valence-electron chi connectivity index (χ1n) is 11.7. The number of nitrogens with zero attached hydrogens (tertiary/aromatic N) is 1. The highest BCUT2D eigenvalue weighted by atomic mass is 35.5. The molecule has 10 heteroatoms. The number of methoxy groups -OCH3 is 1. The SMILES string of the molecule is CCNC(=O)Nc1cc(Nc2ccc(Cl)cc2)c(C(=O)Nc2ccc(CC(C)(C)C(=O)OC)cc2)cn1. The molecule has 0 aliphatic carbocycles. The molecule has 2 aromatic carbocycles. The number of urea groups is 1. The lowest BCUT2D eigenvalue weighted by Crippen LogP contribution is -2.28. The van der Waals surface area contributed by atoms with Gasteiger partial charge >= 0.3 is 12.0 Å². The van der Waals surface area contributed by atoms with E-state index in [1.807, 2.05) is 26.0 Å². The van der Waals surface area contributed by atoms with E-state index < -0.39 is 17.4 Å².